The van der Waals surface area contributed by atoms with E-state index in [9.17, 15) is 9.90 Å². The quantitative estimate of drug-likeness (QED) is 0.728. The van der Waals surface area contributed by atoms with Crippen LogP contribution in [0.1, 0.15) is 38.7 Å². The zero-order chi connectivity index (χ0) is 13.6. The average molecular weight is 251 g/mol. The van der Waals surface area contributed by atoms with Gasteiger partial charge in [0.2, 0.25) is 0 Å². The van der Waals surface area contributed by atoms with Crippen molar-refractivity contribution in [2.45, 2.75) is 44.8 Å². The maximum absolute atomic E-state index is 10.8. The summed E-state index contributed by atoms with van der Waals surface area (Å²) in [6, 6.07) is 8.67. The lowest BCUT2D eigenvalue weighted by molar-refractivity contribution is -0.00646. The smallest absolute Gasteiger partial charge is 0.404 e. The molecule has 100 valence electrons. The number of amides is 1. The minimum Gasteiger partial charge on any atom is -0.465 e. The van der Waals surface area contributed by atoms with Gasteiger partial charge >= 0.3 is 6.09 Å². The van der Waals surface area contributed by atoms with E-state index in [1.807, 2.05) is 37.3 Å². The van der Waals surface area contributed by atoms with E-state index in [0.717, 1.165) is 18.4 Å². The van der Waals surface area contributed by atoms with E-state index in [1.54, 1.807) is 6.92 Å². The zero-order valence-electron chi connectivity index (χ0n) is 10.9. The molecular formula is C14H21NO3. The van der Waals surface area contributed by atoms with Crippen molar-refractivity contribution in [1.29, 1.82) is 0 Å². The number of benzene rings is 1. The van der Waals surface area contributed by atoms with Crippen molar-refractivity contribution in [3.63, 3.8) is 0 Å². The Labute approximate surface area is 108 Å². The van der Waals surface area contributed by atoms with Gasteiger partial charge in [-0.3, -0.25) is 0 Å². The third-order valence-electron chi connectivity index (χ3n) is 3.24. The second-order valence-corrected chi connectivity index (χ2v) is 4.57. The number of hydrogen-bond donors (Lipinski definition) is 3. The van der Waals surface area contributed by atoms with Crippen LogP contribution in [0.4, 0.5) is 4.79 Å². The number of hydrogen-bond acceptors (Lipinski definition) is 2. The van der Waals surface area contributed by atoms with Crippen molar-refractivity contribution in [3.8, 4) is 0 Å². The zero-order valence-corrected chi connectivity index (χ0v) is 10.9. The Morgan fingerprint density at radius 3 is 2.50 bits per heavy atom. The van der Waals surface area contributed by atoms with E-state index >= 15 is 0 Å². The summed E-state index contributed by atoms with van der Waals surface area (Å²) >= 11 is 0. The Bertz CT molecular complexity index is 380. The van der Waals surface area contributed by atoms with Gasteiger partial charge in [0, 0.05) is 0 Å². The monoisotopic (exact) mass is 251 g/mol. The molecule has 0 radical (unpaired) electrons. The first-order valence-electron chi connectivity index (χ1n) is 6.28. The lowest BCUT2D eigenvalue weighted by Crippen LogP contribution is -2.48. The average Bonchev–Trinajstić information content (AvgIpc) is 2.36. The highest BCUT2D eigenvalue weighted by Gasteiger charge is 2.35. The van der Waals surface area contributed by atoms with Gasteiger partial charge in [-0.2, -0.15) is 0 Å². The first-order chi connectivity index (χ1) is 8.50. The number of aliphatic hydroxyl groups is 1. The van der Waals surface area contributed by atoms with Crippen molar-refractivity contribution in [1.82, 2.24) is 5.32 Å². The molecule has 4 heteroatoms. The van der Waals surface area contributed by atoms with E-state index in [4.69, 9.17) is 5.11 Å². The summed E-state index contributed by atoms with van der Waals surface area (Å²) < 4.78 is 0. The molecule has 4 nitrogen and oxygen atoms in total. The topological polar surface area (TPSA) is 69.6 Å². The van der Waals surface area contributed by atoms with Crippen LogP contribution < -0.4 is 5.32 Å². The second kappa shape index (κ2) is 6.40. The Morgan fingerprint density at radius 2 is 2.00 bits per heavy atom. The summed E-state index contributed by atoms with van der Waals surface area (Å²) in [7, 11) is 0. The molecule has 3 N–H and O–H groups in total. The van der Waals surface area contributed by atoms with Crippen molar-refractivity contribution < 1.29 is 15.0 Å². The molecule has 2 atom stereocenters. The largest absolute Gasteiger partial charge is 0.465 e. The van der Waals surface area contributed by atoms with Crippen molar-refractivity contribution in [3.05, 3.63) is 35.9 Å². The molecule has 1 aromatic carbocycles. The molecule has 18 heavy (non-hydrogen) atoms. The molecule has 0 aromatic heterocycles. The number of unbranched alkanes of at least 4 members (excludes halogenated alkanes) is 1. The third kappa shape index (κ3) is 3.47. The van der Waals surface area contributed by atoms with E-state index in [1.165, 1.54) is 0 Å². The SMILES string of the molecule is CCCCC(O)(c1ccccc1)[C@H](C)NC(=O)O. The minimum atomic E-state index is -1.16. The lowest BCUT2D eigenvalue weighted by Gasteiger charge is -2.34. The summed E-state index contributed by atoms with van der Waals surface area (Å²) in [5, 5.41) is 22.0. The Kier molecular flexibility index (Phi) is 5.16. The number of nitrogens with one attached hydrogen (secondary N) is 1. The number of rotatable bonds is 6. The highest BCUT2D eigenvalue weighted by Crippen LogP contribution is 2.30. The fraction of sp³-hybridized carbons (Fsp3) is 0.500. The normalized spacial score (nSPS) is 15.7. The molecule has 1 unspecified atom stereocenters. The van der Waals surface area contributed by atoms with Crippen LogP contribution in [0.2, 0.25) is 0 Å². The molecule has 0 fully saturated rings. The van der Waals surface area contributed by atoms with Gasteiger partial charge in [-0.15, -0.1) is 0 Å². The molecule has 0 aliphatic heterocycles. The van der Waals surface area contributed by atoms with E-state index in [-0.39, 0.29) is 0 Å². The fourth-order valence-electron chi connectivity index (χ4n) is 2.09. The summed E-state index contributed by atoms with van der Waals surface area (Å²) in [5.41, 5.74) is -0.407. The van der Waals surface area contributed by atoms with E-state index in [2.05, 4.69) is 5.32 Å². The van der Waals surface area contributed by atoms with Crippen molar-refractivity contribution in [2.75, 3.05) is 0 Å². The fourth-order valence-corrected chi connectivity index (χ4v) is 2.09. The van der Waals surface area contributed by atoms with Gasteiger partial charge in [0.1, 0.15) is 5.60 Å². The molecule has 0 saturated carbocycles. The van der Waals surface area contributed by atoms with Crippen LogP contribution in [-0.4, -0.2) is 22.3 Å². The molecule has 1 aromatic rings. The molecule has 0 saturated heterocycles. The van der Waals surface area contributed by atoms with E-state index in [0.29, 0.717) is 6.42 Å². The summed E-state index contributed by atoms with van der Waals surface area (Å²) in [5.74, 6) is 0. The van der Waals surface area contributed by atoms with Crippen molar-refractivity contribution in [2.24, 2.45) is 0 Å². The maximum Gasteiger partial charge on any atom is 0.404 e. The van der Waals surface area contributed by atoms with Crippen LogP contribution in [0, 0.1) is 0 Å². The standard InChI is InChI=1S/C14H21NO3/c1-3-4-10-14(18,11(2)15-13(16)17)12-8-6-5-7-9-12/h5-9,11,15,18H,3-4,10H2,1-2H3,(H,16,17)/t11-,14?/m0/s1. The van der Waals surface area contributed by atoms with Gasteiger partial charge in [-0.25, -0.2) is 4.79 Å². The van der Waals surface area contributed by atoms with Crippen LogP contribution in [0.3, 0.4) is 0 Å². The summed E-state index contributed by atoms with van der Waals surface area (Å²) in [4.78, 5) is 10.7. The van der Waals surface area contributed by atoms with Crippen molar-refractivity contribution >= 4 is 6.09 Å². The van der Waals surface area contributed by atoms with Crippen LogP contribution >= 0.6 is 0 Å². The molecule has 0 aliphatic rings. The minimum absolute atomic E-state index is 0.537. The number of carbonyl (C=O) groups is 1. The third-order valence-corrected chi connectivity index (χ3v) is 3.24. The van der Waals surface area contributed by atoms with Crippen LogP contribution in [-0.2, 0) is 5.60 Å². The summed E-state index contributed by atoms with van der Waals surface area (Å²) in [6.07, 6.45) is 1.22. The molecule has 1 rings (SSSR count). The lowest BCUT2D eigenvalue weighted by atomic mass is 9.83. The van der Waals surface area contributed by atoms with Gasteiger partial charge in [-0.1, -0.05) is 50.1 Å². The predicted octanol–water partition coefficient (Wildman–Crippen LogP) is 2.72. The Balaban J connectivity index is 2.98. The molecule has 0 spiro atoms. The Morgan fingerprint density at radius 1 is 1.39 bits per heavy atom. The van der Waals surface area contributed by atoms with Gasteiger partial charge in [0.15, 0.2) is 0 Å². The van der Waals surface area contributed by atoms with Gasteiger partial charge in [-0.05, 0) is 18.9 Å². The van der Waals surface area contributed by atoms with Gasteiger partial charge in [0.25, 0.3) is 0 Å². The number of carboxylic acid groups (broad SMARTS) is 1. The highest BCUT2D eigenvalue weighted by molar-refractivity contribution is 5.65. The molecule has 0 heterocycles. The summed E-state index contributed by atoms with van der Waals surface area (Å²) in [6.45, 7) is 3.73. The molecule has 0 aliphatic carbocycles. The van der Waals surface area contributed by atoms with Crippen LogP contribution in [0.15, 0.2) is 30.3 Å². The molecular weight excluding hydrogens is 230 g/mol. The van der Waals surface area contributed by atoms with Gasteiger partial charge < -0.3 is 15.5 Å². The van der Waals surface area contributed by atoms with Gasteiger partial charge in [0.05, 0.1) is 6.04 Å². The maximum atomic E-state index is 10.8. The van der Waals surface area contributed by atoms with Crippen LogP contribution in [0.5, 0.6) is 0 Å². The highest BCUT2D eigenvalue weighted by atomic mass is 16.4. The second-order valence-electron chi connectivity index (χ2n) is 4.57. The first-order valence-corrected chi connectivity index (χ1v) is 6.28. The predicted molar refractivity (Wildman–Crippen MR) is 70.5 cm³/mol. The molecule has 0 bridgehead atoms. The Hall–Kier alpha value is -1.55. The van der Waals surface area contributed by atoms with E-state index < -0.39 is 17.7 Å². The van der Waals surface area contributed by atoms with Crippen LogP contribution in [0.25, 0.3) is 0 Å². The molecule has 1 amide bonds. The first kappa shape index (κ1) is 14.5.